The van der Waals surface area contributed by atoms with Crippen molar-refractivity contribution >= 4 is 11.3 Å². The minimum Gasteiger partial charge on any atom is -0.435 e. The van der Waals surface area contributed by atoms with Crippen molar-refractivity contribution in [2.75, 3.05) is 5.32 Å². The van der Waals surface area contributed by atoms with Gasteiger partial charge >= 0.3 is 6.61 Å². The number of H-pyrrole nitrogens is 1. The highest BCUT2D eigenvalue weighted by Crippen LogP contribution is 2.22. The largest absolute Gasteiger partial charge is 0.435 e. The van der Waals surface area contributed by atoms with Crippen LogP contribution in [0.3, 0.4) is 0 Å². The number of tetrazole rings is 1. The van der Waals surface area contributed by atoms with E-state index in [4.69, 9.17) is 5.26 Å². The van der Waals surface area contributed by atoms with E-state index in [1.807, 2.05) is 0 Å². The molecule has 0 amide bonds. The Hall–Kier alpha value is -3.09. The third kappa shape index (κ3) is 3.93. The van der Waals surface area contributed by atoms with Gasteiger partial charge in [-0.3, -0.25) is 0 Å². The zero-order valence-electron chi connectivity index (χ0n) is 10.2. The predicted octanol–water partition coefficient (Wildman–Crippen LogP) is 1.92. The van der Waals surface area contributed by atoms with Crippen molar-refractivity contribution < 1.29 is 17.9 Å². The summed E-state index contributed by atoms with van der Waals surface area (Å²) in [5, 5.41) is 24.1. The number of aromatic nitrogens is 4. The number of aromatic amines is 1. The van der Waals surface area contributed by atoms with Gasteiger partial charge in [0.15, 0.2) is 0 Å². The number of nitrogens with zero attached hydrogens (tertiary/aromatic N) is 4. The molecule has 0 radical (unpaired) electrons. The van der Waals surface area contributed by atoms with Gasteiger partial charge in [0.1, 0.15) is 23.2 Å². The number of alkyl halides is 2. The van der Waals surface area contributed by atoms with E-state index in [-0.39, 0.29) is 22.8 Å². The summed E-state index contributed by atoms with van der Waals surface area (Å²) in [5.74, 6) is -1.09. The van der Waals surface area contributed by atoms with Crippen molar-refractivity contribution in [1.29, 1.82) is 5.26 Å². The number of hydrogen-bond donors (Lipinski definition) is 2. The molecule has 0 aliphatic rings. The van der Waals surface area contributed by atoms with Gasteiger partial charge in [-0.2, -0.15) is 19.3 Å². The van der Waals surface area contributed by atoms with Gasteiger partial charge in [0.2, 0.25) is 5.82 Å². The summed E-state index contributed by atoms with van der Waals surface area (Å²) in [6, 6.07) is 4.81. The van der Waals surface area contributed by atoms with Crippen LogP contribution in [-0.4, -0.2) is 27.2 Å². The normalized spacial score (nSPS) is 11.3. The first-order valence-electron chi connectivity index (χ1n) is 5.44. The fourth-order valence-electron chi connectivity index (χ4n) is 1.40. The smallest absolute Gasteiger partial charge is 0.387 e. The lowest BCUT2D eigenvalue weighted by molar-refractivity contribution is -0.0499. The lowest BCUT2D eigenvalue weighted by atomic mass is 10.2. The maximum absolute atomic E-state index is 13.3. The van der Waals surface area contributed by atoms with Crippen LogP contribution in [0.5, 0.6) is 5.75 Å². The molecule has 21 heavy (non-hydrogen) atoms. The van der Waals surface area contributed by atoms with Crippen LogP contribution in [0.4, 0.5) is 18.9 Å². The monoisotopic (exact) mass is 296 g/mol. The molecule has 7 nitrogen and oxygen atoms in total. The summed E-state index contributed by atoms with van der Waals surface area (Å²) in [4.78, 5) is 0. The van der Waals surface area contributed by atoms with Crippen LogP contribution >= 0.6 is 0 Å². The van der Waals surface area contributed by atoms with Gasteiger partial charge in [-0.1, -0.05) is 0 Å². The second-order valence-electron chi connectivity index (χ2n) is 3.60. The Morgan fingerprint density at radius 3 is 2.86 bits per heavy atom. The van der Waals surface area contributed by atoms with Gasteiger partial charge < -0.3 is 10.1 Å². The summed E-state index contributed by atoms with van der Waals surface area (Å²) in [7, 11) is 0. The Kier molecular flexibility index (Phi) is 4.35. The second kappa shape index (κ2) is 6.38. The first-order valence-corrected chi connectivity index (χ1v) is 5.44. The number of hydrogen-bond acceptors (Lipinski definition) is 6. The van der Waals surface area contributed by atoms with Gasteiger partial charge in [-0.25, -0.2) is 4.39 Å². The molecule has 2 N–H and O–H groups in total. The fourth-order valence-corrected chi connectivity index (χ4v) is 1.40. The summed E-state index contributed by atoms with van der Waals surface area (Å²) >= 11 is 0. The van der Waals surface area contributed by atoms with E-state index < -0.39 is 12.4 Å². The molecule has 0 aliphatic heterocycles. The first-order chi connectivity index (χ1) is 10.1. The van der Waals surface area contributed by atoms with Crippen molar-refractivity contribution in [2.24, 2.45) is 0 Å². The van der Waals surface area contributed by atoms with Crippen LogP contribution in [0.25, 0.3) is 5.57 Å². The number of nitriles is 1. The molecule has 0 spiro atoms. The van der Waals surface area contributed by atoms with E-state index in [0.717, 1.165) is 18.2 Å². The standard InChI is InChI=1S/C11H7F3N6O/c12-7-1-8(3-9(2-7)21-11(13)14)16-5-6(4-15)10-17-19-20-18-10/h1-3,5,11,16H,(H,17,18,19,20). The SMILES string of the molecule is N#CC(=CNc1cc(F)cc(OC(F)F)c1)c1nn[nH]n1. The van der Waals surface area contributed by atoms with Crippen LogP contribution in [0.15, 0.2) is 24.4 Å². The summed E-state index contributed by atoms with van der Waals surface area (Å²) < 4.78 is 41.6. The van der Waals surface area contributed by atoms with Crippen molar-refractivity contribution in [3.8, 4) is 11.8 Å². The summed E-state index contributed by atoms with van der Waals surface area (Å²) in [6.45, 7) is -3.07. The van der Waals surface area contributed by atoms with Crippen molar-refractivity contribution in [3.63, 3.8) is 0 Å². The van der Waals surface area contributed by atoms with E-state index >= 15 is 0 Å². The van der Waals surface area contributed by atoms with E-state index in [2.05, 4.69) is 30.7 Å². The minimum atomic E-state index is -3.07. The molecule has 0 fully saturated rings. The number of halogens is 3. The van der Waals surface area contributed by atoms with Gasteiger partial charge in [-0.15, -0.1) is 10.2 Å². The van der Waals surface area contributed by atoms with Gasteiger partial charge in [0.25, 0.3) is 0 Å². The van der Waals surface area contributed by atoms with Crippen LogP contribution in [0, 0.1) is 17.1 Å². The van der Waals surface area contributed by atoms with Crippen LogP contribution in [-0.2, 0) is 0 Å². The number of nitrogens with one attached hydrogen (secondary N) is 2. The zero-order chi connectivity index (χ0) is 15.2. The van der Waals surface area contributed by atoms with E-state index in [9.17, 15) is 13.2 Å². The molecule has 0 bridgehead atoms. The molecule has 1 heterocycles. The predicted molar refractivity (Wildman–Crippen MR) is 64.4 cm³/mol. The highest BCUT2D eigenvalue weighted by Gasteiger charge is 2.08. The van der Waals surface area contributed by atoms with Gasteiger partial charge in [0.05, 0.1) is 0 Å². The molecule has 2 rings (SSSR count). The molecule has 1 aromatic carbocycles. The van der Waals surface area contributed by atoms with E-state index in [1.54, 1.807) is 6.07 Å². The number of allylic oxidation sites excluding steroid dienone is 1. The quantitative estimate of drug-likeness (QED) is 0.818. The molecule has 2 aromatic rings. The third-order valence-corrected chi connectivity index (χ3v) is 2.19. The van der Waals surface area contributed by atoms with Crippen molar-refractivity contribution in [2.45, 2.75) is 6.61 Å². The Morgan fingerprint density at radius 2 is 2.24 bits per heavy atom. The topological polar surface area (TPSA) is 99.5 Å². The van der Waals surface area contributed by atoms with Gasteiger partial charge in [0, 0.05) is 24.0 Å². The number of rotatable bonds is 5. The highest BCUT2D eigenvalue weighted by molar-refractivity contribution is 5.74. The lowest BCUT2D eigenvalue weighted by Crippen LogP contribution is -2.03. The van der Waals surface area contributed by atoms with Crippen LogP contribution < -0.4 is 10.1 Å². The number of anilines is 1. The molecule has 0 saturated heterocycles. The third-order valence-electron chi connectivity index (χ3n) is 2.19. The molecule has 108 valence electrons. The zero-order valence-corrected chi connectivity index (χ0v) is 10.2. The Labute approximate surface area is 116 Å². The maximum Gasteiger partial charge on any atom is 0.387 e. The first kappa shape index (κ1) is 14.3. The highest BCUT2D eigenvalue weighted by atomic mass is 19.3. The average molecular weight is 296 g/mol. The molecule has 0 atom stereocenters. The number of benzene rings is 1. The van der Waals surface area contributed by atoms with Crippen LogP contribution in [0.2, 0.25) is 0 Å². The maximum atomic E-state index is 13.3. The molecular weight excluding hydrogens is 289 g/mol. The van der Waals surface area contributed by atoms with E-state index in [0.29, 0.717) is 0 Å². The molecular formula is C11H7F3N6O. The second-order valence-corrected chi connectivity index (χ2v) is 3.60. The van der Waals surface area contributed by atoms with Crippen molar-refractivity contribution in [1.82, 2.24) is 20.6 Å². The minimum absolute atomic E-state index is 0.0179. The Balaban J connectivity index is 2.19. The number of ether oxygens (including phenoxy) is 1. The Morgan fingerprint density at radius 1 is 1.43 bits per heavy atom. The lowest BCUT2D eigenvalue weighted by Gasteiger charge is -2.07. The molecule has 0 saturated carbocycles. The molecule has 1 aromatic heterocycles. The van der Waals surface area contributed by atoms with Gasteiger partial charge in [-0.05, 0) is 11.3 Å². The molecule has 0 aliphatic carbocycles. The summed E-state index contributed by atoms with van der Waals surface area (Å²) in [5.41, 5.74) is 0.131. The molecule has 0 unspecified atom stereocenters. The summed E-state index contributed by atoms with van der Waals surface area (Å²) in [6.07, 6.45) is 1.19. The van der Waals surface area contributed by atoms with Crippen molar-refractivity contribution in [3.05, 3.63) is 36.0 Å². The Bertz CT molecular complexity index is 680. The fraction of sp³-hybridized carbons (Fsp3) is 0.0909. The molecule has 10 heteroatoms. The van der Waals surface area contributed by atoms with E-state index in [1.165, 1.54) is 6.20 Å². The average Bonchev–Trinajstić information content (AvgIpc) is 2.92. The van der Waals surface area contributed by atoms with Crippen LogP contribution in [0.1, 0.15) is 5.82 Å².